The van der Waals surface area contributed by atoms with Gasteiger partial charge < -0.3 is 16.0 Å². The number of para-hydroxylation sites is 1. The Hall–Kier alpha value is -4.20. The van der Waals surface area contributed by atoms with Crippen LogP contribution in [0.3, 0.4) is 0 Å². The van der Waals surface area contributed by atoms with Gasteiger partial charge in [0.2, 0.25) is 0 Å². The maximum Gasteiger partial charge on any atom is 0.255 e. The van der Waals surface area contributed by atoms with Crippen molar-refractivity contribution in [2.75, 3.05) is 17.7 Å². The van der Waals surface area contributed by atoms with E-state index in [1.165, 1.54) is 6.20 Å². The van der Waals surface area contributed by atoms with Gasteiger partial charge in [0.15, 0.2) is 5.82 Å². The fraction of sp³-hybridized carbons (Fsp3) is 0.130. The number of rotatable bonds is 5. The molecular weight excluding hydrogens is 392 g/mol. The first-order valence-corrected chi connectivity index (χ1v) is 9.74. The van der Waals surface area contributed by atoms with Gasteiger partial charge >= 0.3 is 0 Å². The average Bonchev–Trinajstić information content (AvgIpc) is 3.16. The van der Waals surface area contributed by atoms with E-state index in [9.17, 15) is 9.59 Å². The first kappa shape index (κ1) is 20.1. The zero-order valence-corrected chi connectivity index (χ0v) is 17.4. The van der Waals surface area contributed by atoms with Crippen molar-refractivity contribution in [1.29, 1.82) is 0 Å². The number of carbonyl (C=O) groups excluding carboxylic acids is 2. The molecule has 2 aromatic heterocycles. The minimum absolute atomic E-state index is 0.290. The number of nitrogens with zero attached hydrogens (tertiary/aromatic N) is 3. The second kappa shape index (κ2) is 8.27. The standard InChI is InChI=1S/C23H22N6O2/c1-14-6-4-5-7-18(14)27-21-19(11-17(12-25-21)22(30)24-2)28-23(31)15-8-9-20-16(10-15)13-26-29(20)3/h4-13H,1-3H3,(H,24,30)(H,25,27)(H,28,31). The van der Waals surface area contributed by atoms with Crippen molar-refractivity contribution in [3.8, 4) is 0 Å². The summed E-state index contributed by atoms with van der Waals surface area (Å²) in [5, 5.41) is 13.8. The Morgan fingerprint density at radius 3 is 2.52 bits per heavy atom. The molecule has 4 aromatic rings. The summed E-state index contributed by atoms with van der Waals surface area (Å²) >= 11 is 0. The van der Waals surface area contributed by atoms with Crippen LogP contribution >= 0.6 is 0 Å². The van der Waals surface area contributed by atoms with Gasteiger partial charge in [-0.3, -0.25) is 14.3 Å². The third-order valence-corrected chi connectivity index (χ3v) is 5.03. The van der Waals surface area contributed by atoms with E-state index < -0.39 is 0 Å². The highest BCUT2D eigenvalue weighted by Gasteiger charge is 2.15. The van der Waals surface area contributed by atoms with E-state index in [-0.39, 0.29) is 11.8 Å². The van der Waals surface area contributed by atoms with Crippen LogP contribution in [-0.4, -0.2) is 33.6 Å². The summed E-state index contributed by atoms with van der Waals surface area (Å²) in [5.74, 6) is -0.158. The number of carbonyl (C=O) groups is 2. The molecule has 2 amide bonds. The molecule has 0 aliphatic carbocycles. The van der Waals surface area contributed by atoms with E-state index in [1.807, 2.05) is 44.3 Å². The third kappa shape index (κ3) is 4.09. The Morgan fingerprint density at radius 1 is 0.935 bits per heavy atom. The Balaban J connectivity index is 1.68. The van der Waals surface area contributed by atoms with Gasteiger partial charge in [0.25, 0.3) is 11.8 Å². The normalized spacial score (nSPS) is 10.7. The van der Waals surface area contributed by atoms with E-state index in [1.54, 1.807) is 36.1 Å². The van der Waals surface area contributed by atoms with Crippen LogP contribution < -0.4 is 16.0 Å². The maximum absolute atomic E-state index is 13.0. The van der Waals surface area contributed by atoms with E-state index >= 15 is 0 Å². The van der Waals surface area contributed by atoms with Crippen molar-refractivity contribution < 1.29 is 9.59 Å². The molecule has 156 valence electrons. The first-order chi connectivity index (χ1) is 15.0. The largest absolute Gasteiger partial charge is 0.355 e. The fourth-order valence-corrected chi connectivity index (χ4v) is 3.27. The highest BCUT2D eigenvalue weighted by atomic mass is 16.2. The number of aromatic nitrogens is 3. The summed E-state index contributed by atoms with van der Waals surface area (Å²) in [5.41, 5.74) is 4.04. The van der Waals surface area contributed by atoms with Crippen molar-refractivity contribution in [3.63, 3.8) is 0 Å². The van der Waals surface area contributed by atoms with Crippen LogP contribution in [0.5, 0.6) is 0 Å². The molecule has 0 aliphatic rings. The first-order valence-electron chi connectivity index (χ1n) is 9.74. The van der Waals surface area contributed by atoms with Crippen molar-refractivity contribution in [1.82, 2.24) is 20.1 Å². The molecule has 8 nitrogen and oxygen atoms in total. The maximum atomic E-state index is 13.0. The molecule has 0 saturated carbocycles. The number of anilines is 3. The number of amides is 2. The van der Waals surface area contributed by atoms with Crippen molar-refractivity contribution >= 4 is 39.9 Å². The number of fused-ring (bicyclic) bond motifs is 1. The summed E-state index contributed by atoms with van der Waals surface area (Å²) in [7, 11) is 3.39. The Morgan fingerprint density at radius 2 is 1.74 bits per heavy atom. The lowest BCUT2D eigenvalue weighted by atomic mass is 10.1. The van der Waals surface area contributed by atoms with Crippen molar-refractivity contribution in [3.05, 3.63) is 77.6 Å². The van der Waals surface area contributed by atoms with Crippen LogP contribution in [0.4, 0.5) is 17.2 Å². The number of aryl methyl sites for hydroxylation is 2. The lowest BCUT2D eigenvalue weighted by molar-refractivity contribution is 0.0961. The highest BCUT2D eigenvalue weighted by Crippen LogP contribution is 2.27. The molecule has 0 radical (unpaired) electrons. The van der Waals surface area contributed by atoms with E-state index in [2.05, 4.69) is 26.0 Å². The molecular formula is C23H22N6O2. The van der Waals surface area contributed by atoms with E-state index in [4.69, 9.17) is 0 Å². The van der Waals surface area contributed by atoms with Crippen LogP contribution in [0.15, 0.2) is 60.9 Å². The van der Waals surface area contributed by atoms with Crippen LogP contribution in [0.25, 0.3) is 10.9 Å². The topological polar surface area (TPSA) is 101 Å². The van der Waals surface area contributed by atoms with Crippen LogP contribution in [0.2, 0.25) is 0 Å². The summed E-state index contributed by atoms with van der Waals surface area (Å²) < 4.78 is 1.75. The second-order valence-electron chi connectivity index (χ2n) is 7.14. The predicted molar refractivity (Wildman–Crippen MR) is 121 cm³/mol. The van der Waals surface area contributed by atoms with Gasteiger partial charge in [0, 0.05) is 36.9 Å². The quantitative estimate of drug-likeness (QED) is 0.463. The van der Waals surface area contributed by atoms with Crippen LogP contribution in [-0.2, 0) is 7.05 Å². The van der Waals surface area contributed by atoms with Gasteiger partial charge in [-0.05, 0) is 42.8 Å². The number of benzene rings is 2. The van der Waals surface area contributed by atoms with Gasteiger partial charge in [-0.15, -0.1) is 0 Å². The van der Waals surface area contributed by atoms with Gasteiger partial charge in [0.05, 0.1) is 23.0 Å². The highest BCUT2D eigenvalue weighted by molar-refractivity contribution is 6.08. The number of hydrogen-bond donors (Lipinski definition) is 3. The Labute approximate surface area is 179 Å². The lowest BCUT2D eigenvalue weighted by Gasteiger charge is -2.15. The smallest absolute Gasteiger partial charge is 0.255 e. The summed E-state index contributed by atoms with van der Waals surface area (Å²) in [6.45, 7) is 1.97. The molecule has 0 aliphatic heterocycles. The molecule has 0 bridgehead atoms. The number of pyridine rings is 1. The molecule has 31 heavy (non-hydrogen) atoms. The average molecular weight is 414 g/mol. The zero-order chi connectivity index (χ0) is 22.0. The molecule has 0 spiro atoms. The van der Waals surface area contributed by atoms with Crippen LogP contribution in [0, 0.1) is 6.92 Å². The lowest BCUT2D eigenvalue weighted by Crippen LogP contribution is -2.19. The molecule has 0 atom stereocenters. The molecule has 0 unspecified atom stereocenters. The van der Waals surface area contributed by atoms with E-state index in [0.29, 0.717) is 22.6 Å². The summed E-state index contributed by atoms with van der Waals surface area (Å²) in [6, 6.07) is 14.7. The SMILES string of the molecule is CNC(=O)c1cnc(Nc2ccccc2C)c(NC(=O)c2ccc3c(cnn3C)c2)c1. The van der Waals surface area contributed by atoms with Crippen molar-refractivity contribution in [2.24, 2.45) is 7.05 Å². The minimum Gasteiger partial charge on any atom is -0.355 e. The number of hydrogen-bond acceptors (Lipinski definition) is 5. The van der Waals surface area contributed by atoms with Gasteiger partial charge in [0.1, 0.15) is 0 Å². The summed E-state index contributed by atoms with van der Waals surface area (Å²) in [4.78, 5) is 29.5. The summed E-state index contributed by atoms with van der Waals surface area (Å²) in [6.07, 6.45) is 3.18. The van der Waals surface area contributed by atoms with Crippen LogP contribution in [0.1, 0.15) is 26.3 Å². The Kier molecular flexibility index (Phi) is 5.36. The molecule has 2 heterocycles. The fourth-order valence-electron chi connectivity index (χ4n) is 3.27. The second-order valence-corrected chi connectivity index (χ2v) is 7.14. The zero-order valence-electron chi connectivity index (χ0n) is 17.4. The molecule has 2 aromatic carbocycles. The molecule has 8 heteroatoms. The number of nitrogens with one attached hydrogen (secondary N) is 3. The Bertz CT molecular complexity index is 1290. The molecule has 0 fully saturated rings. The van der Waals surface area contributed by atoms with Crippen molar-refractivity contribution in [2.45, 2.75) is 6.92 Å². The molecule has 3 N–H and O–H groups in total. The van der Waals surface area contributed by atoms with Gasteiger partial charge in [-0.2, -0.15) is 5.10 Å². The molecule has 0 saturated heterocycles. The predicted octanol–water partition coefficient (Wildman–Crippen LogP) is 3.63. The van der Waals surface area contributed by atoms with Gasteiger partial charge in [-0.25, -0.2) is 4.98 Å². The minimum atomic E-state index is -0.311. The van der Waals surface area contributed by atoms with Gasteiger partial charge in [-0.1, -0.05) is 18.2 Å². The monoisotopic (exact) mass is 414 g/mol. The third-order valence-electron chi connectivity index (χ3n) is 5.03. The molecule has 4 rings (SSSR count). The van der Waals surface area contributed by atoms with E-state index in [0.717, 1.165) is 22.2 Å².